The Bertz CT molecular complexity index is 681. The molecule has 2 heterocycles. The SMILES string of the molecule is CCc1ccc(Cc2ccc([C@@H]3O[C@H](CO)[C@@H](O)[C@H](O)[C@H]3O)[nH]2)cc1. The van der Waals surface area contributed by atoms with Crippen LogP contribution in [0.25, 0.3) is 0 Å². The molecule has 6 heteroatoms. The number of hydrogen-bond donors (Lipinski definition) is 5. The van der Waals surface area contributed by atoms with E-state index in [0.29, 0.717) is 12.1 Å². The van der Waals surface area contributed by atoms with Gasteiger partial charge in [0.15, 0.2) is 0 Å². The molecule has 5 atom stereocenters. The van der Waals surface area contributed by atoms with Crippen molar-refractivity contribution in [3.63, 3.8) is 0 Å². The molecule has 0 aliphatic carbocycles. The van der Waals surface area contributed by atoms with Gasteiger partial charge in [0.2, 0.25) is 0 Å². The van der Waals surface area contributed by atoms with Crippen LogP contribution < -0.4 is 0 Å². The number of benzene rings is 1. The lowest BCUT2D eigenvalue weighted by molar-refractivity contribution is -0.232. The van der Waals surface area contributed by atoms with Crippen LogP contribution in [0.5, 0.6) is 0 Å². The summed E-state index contributed by atoms with van der Waals surface area (Å²) in [6.45, 7) is 1.69. The minimum absolute atomic E-state index is 0.432. The summed E-state index contributed by atoms with van der Waals surface area (Å²) in [4.78, 5) is 3.21. The molecule has 0 unspecified atom stereocenters. The van der Waals surface area contributed by atoms with Crippen molar-refractivity contribution in [3.8, 4) is 0 Å². The summed E-state index contributed by atoms with van der Waals surface area (Å²) >= 11 is 0. The zero-order chi connectivity index (χ0) is 18.0. The number of aliphatic hydroxyl groups excluding tert-OH is 4. The summed E-state index contributed by atoms with van der Waals surface area (Å²) < 4.78 is 5.57. The summed E-state index contributed by atoms with van der Waals surface area (Å²) in [6, 6.07) is 12.1. The number of ether oxygens (including phenoxy) is 1. The Hall–Kier alpha value is -1.70. The van der Waals surface area contributed by atoms with E-state index in [0.717, 1.165) is 12.1 Å². The highest BCUT2D eigenvalue weighted by Gasteiger charge is 2.44. The highest BCUT2D eigenvalue weighted by molar-refractivity contribution is 5.28. The highest BCUT2D eigenvalue weighted by Crippen LogP contribution is 2.32. The Morgan fingerprint density at radius 2 is 1.60 bits per heavy atom. The molecule has 6 nitrogen and oxygen atoms in total. The van der Waals surface area contributed by atoms with Crippen LogP contribution in [0.4, 0.5) is 0 Å². The molecule has 0 amide bonds. The summed E-state index contributed by atoms with van der Waals surface area (Å²) in [5.74, 6) is 0. The summed E-state index contributed by atoms with van der Waals surface area (Å²) in [5.41, 5.74) is 4.02. The predicted octanol–water partition coefficient (Wildman–Crippen LogP) is 0.683. The molecule has 1 saturated heterocycles. The van der Waals surface area contributed by atoms with Crippen molar-refractivity contribution in [2.75, 3.05) is 6.61 Å². The van der Waals surface area contributed by atoms with Crippen LogP contribution in [0.2, 0.25) is 0 Å². The predicted molar refractivity (Wildman–Crippen MR) is 92.1 cm³/mol. The van der Waals surface area contributed by atoms with E-state index in [1.54, 1.807) is 6.07 Å². The molecule has 2 aromatic rings. The number of rotatable bonds is 5. The first-order valence-corrected chi connectivity index (χ1v) is 8.59. The van der Waals surface area contributed by atoms with Crippen LogP contribution in [0.1, 0.15) is 35.5 Å². The van der Waals surface area contributed by atoms with Gasteiger partial charge >= 0.3 is 0 Å². The minimum Gasteiger partial charge on any atom is -0.394 e. The van der Waals surface area contributed by atoms with Crippen LogP contribution in [-0.2, 0) is 17.6 Å². The van der Waals surface area contributed by atoms with Crippen molar-refractivity contribution in [2.45, 2.75) is 50.3 Å². The van der Waals surface area contributed by atoms with Gasteiger partial charge in [0.05, 0.1) is 6.61 Å². The fraction of sp³-hybridized carbons (Fsp3) is 0.474. The number of H-pyrrole nitrogens is 1. The second-order valence-electron chi connectivity index (χ2n) is 6.54. The summed E-state index contributed by atoms with van der Waals surface area (Å²) in [5, 5.41) is 39.3. The summed E-state index contributed by atoms with van der Waals surface area (Å²) in [7, 11) is 0. The number of hydrogen-bond acceptors (Lipinski definition) is 5. The molecule has 1 aromatic carbocycles. The second-order valence-corrected chi connectivity index (χ2v) is 6.54. The Balaban J connectivity index is 1.73. The van der Waals surface area contributed by atoms with Gasteiger partial charge in [-0.05, 0) is 29.7 Å². The Morgan fingerprint density at radius 1 is 0.920 bits per heavy atom. The second kappa shape index (κ2) is 7.68. The lowest BCUT2D eigenvalue weighted by Crippen LogP contribution is -2.55. The van der Waals surface area contributed by atoms with Crippen LogP contribution in [0.15, 0.2) is 36.4 Å². The van der Waals surface area contributed by atoms with Gasteiger partial charge in [-0.15, -0.1) is 0 Å². The highest BCUT2D eigenvalue weighted by atomic mass is 16.5. The van der Waals surface area contributed by atoms with Crippen molar-refractivity contribution in [2.24, 2.45) is 0 Å². The number of aliphatic hydroxyl groups is 4. The van der Waals surface area contributed by atoms with Crippen molar-refractivity contribution in [3.05, 3.63) is 58.9 Å². The number of aromatic nitrogens is 1. The molecule has 3 rings (SSSR count). The molecule has 25 heavy (non-hydrogen) atoms. The molecule has 0 spiro atoms. The molecular weight excluding hydrogens is 322 g/mol. The van der Waals surface area contributed by atoms with Gasteiger partial charge in [-0.1, -0.05) is 31.2 Å². The number of nitrogens with one attached hydrogen (secondary N) is 1. The first-order valence-electron chi connectivity index (χ1n) is 8.59. The largest absolute Gasteiger partial charge is 0.394 e. The Kier molecular flexibility index (Phi) is 5.56. The molecule has 5 N–H and O–H groups in total. The van der Waals surface area contributed by atoms with Gasteiger partial charge in [0, 0.05) is 17.8 Å². The minimum atomic E-state index is -1.37. The van der Waals surface area contributed by atoms with Crippen molar-refractivity contribution >= 4 is 0 Å². The van der Waals surface area contributed by atoms with Crippen molar-refractivity contribution < 1.29 is 25.2 Å². The van der Waals surface area contributed by atoms with E-state index in [9.17, 15) is 20.4 Å². The topological polar surface area (TPSA) is 106 Å². The van der Waals surface area contributed by atoms with Crippen LogP contribution in [0.3, 0.4) is 0 Å². The van der Waals surface area contributed by atoms with E-state index in [4.69, 9.17) is 4.74 Å². The van der Waals surface area contributed by atoms with E-state index in [1.807, 2.05) is 6.07 Å². The molecule has 1 aromatic heterocycles. The molecule has 136 valence electrons. The van der Waals surface area contributed by atoms with E-state index >= 15 is 0 Å². The Labute approximate surface area is 146 Å². The number of aryl methyl sites for hydroxylation is 1. The summed E-state index contributed by atoms with van der Waals surface area (Å²) in [6.07, 6.45) is -4.01. The molecule has 1 fully saturated rings. The normalized spacial score (nSPS) is 29.7. The third-order valence-corrected chi connectivity index (χ3v) is 4.79. The van der Waals surface area contributed by atoms with Crippen molar-refractivity contribution in [1.82, 2.24) is 4.98 Å². The molecule has 0 radical (unpaired) electrons. The first kappa shape index (κ1) is 18.1. The first-order chi connectivity index (χ1) is 12.0. The van der Waals surface area contributed by atoms with E-state index < -0.39 is 37.1 Å². The Morgan fingerprint density at radius 3 is 2.24 bits per heavy atom. The zero-order valence-electron chi connectivity index (χ0n) is 14.2. The lowest BCUT2D eigenvalue weighted by Gasteiger charge is -2.39. The van der Waals surface area contributed by atoms with Crippen LogP contribution >= 0.6 is 0 Å². The van der Waals surface area contributed by atoms with Gasteiger partial charge in [-0.2, -0.15) is 0 Å². The molecule has 1 aliphatic rings. The fourth-order valence-electron chi connectivity index (χ4n) is 3.20. The fourth-order valence-corrected chi connectivity index (χ4v) is 3.20. The maximum Gasteiger partial charge on any atom is 0.126 e. The van der Waals surface area contributed by atoms with Gasteiger partial charge in [0.1, 0.15) is 30.5 Å². The monoisotopic (exact) mass is 347 g/mol. The standard InChI is InChI=1S/C19H25NO5/c1-2-11-3-5-12(6-4-11)9-13-7-8-14(20-13)19-18(24)17(23)16(22)15(10-21)25-19/h3-8,15-24H,2,9-10H2,1H3/t15-,16-,17+,18-,19+/m1/s1. The number of aromatic amines is 1. The maximum atomic E-state index is 10.2. The quantitative estimate of drug-likeness (QED) is 0.547. The smallest absolute Gasteiger partial charge is 0.126 e. The van der Waals surface area contributed by atoms with Crippen molar-refractivity contribution in [1.29, 1.82) is 0 Å². The average molecular weight is 347 g/mol. The molecule has 0 bridgehead atoms. The average Bonchev–Trinajstić information content (AvgIpc) is 3.09. The molecule has 0 saturated carbocycles. The van der Waals surface area contributed by atoms with E-state index in [1.165, 1.54) is 11.1 Å². The van der Waals surface area contributed by atoms with Gasteiger partial charge < -0.3 is 30.1 Å². The molecule has 1 aliphatic heterocycles. The van der Waals surface area contributed by atoms with Gasteiger partial charge in [-0.3, -0.25) is 0 Å². The zero-order valence-corrected chi connectivity index (χ0v) is 14.2. The van der Waals surface area contributed by atoms with Gasteiger partial charge in [-0.25, -0.2) is 0 Å². The van der Waals surface area contributed by atoms with Crippen LogP contribution in [0, 0.1) is 0 Å². The van der Waals surface area contributed by atoms with E-state index in [2.05, 4.69) is 36.2 Å². The lowest BCUT2D eigenvalue weighted by atomic mass is 9.94. The van der Waals surface area contributed by atoms with Crippen LogP contribution in [-0.4, -0.2) is 56.4 Å². The third-order valence-electron chi connectivity index (χ3n) is 4.79. The van der Waals surface area contributed by atoms with Gasteiger partial charge in [0.25, 0.3) is 0 Å². The molecular formula is C19H25NO5. The third kappa shape index (κ3) is 3.78. The maximum absolute atomic E-state index is 10.2. The van der Waals surface area contributed by atoms with E-state index in [-0.39, 0.29) is 0 Å².